The van der Waals surface area contributed by atoms with Crippen molar-refractivity contribution in [2.45, 2.75) is 32.3 Å². The van der Waals surface area contributed by atoms with Crippen molar-refractivity contribution in [1.29, 1.82) is 0 Å². The summed E-state index contributed by atoms with van der Waals surface area (Å²) >= 11 is 0. The number of benzene rings is 2. The molecule has 0 saturated carbocycles. The van der Waals surface area contributed by atoms with Gasteiger partial charge in [0.15, 0.2) is 11.4 Å². The van der Waals surface area contributed by atoms with Crippen molar-refractivity contribution in [3.05, 3.63) is 65.2 Å². The van der Waals surface area contributed by atoms with E-state index in [0.717, 1.165) is 12.0 Å². The first-order valence-electron chi connectivity index (χ1n) is 8.27. The van der Waals surface area contributed by atoms with Crippen LogP contribution in [-0.2, 0) is 16.8 Å². The number of carbonyl (C=O) groups excluding carboxylic acids is 2. The highest BCUT2D eigenvalue weighted by molar-refractivity contribution is 6.10. The molecule has 0 fully saturated rings. The summed E-state index contributed by atoms with van der Waals surface area (Å²) in [6, 6.07) is 14.4. The largest absolute Gasteiger partial charge is 0.375 e. The fraction of sp³-hybridized carbons (Fsp3) is 0.300. The molecule has 2 aromatic rings. The third-order valence-corrected chi connectivity index (χ3v) is 4.66. The minimum atomic E-state index is -1.78. The predicted molar refractivity (Wildman–Crippen MR) is 93.1 cm³/mol. The summed E-state index contributed by atoms with van der Waals surface area (Å²) in [5.41, 5.74) is 1.06. The highest BCUT2D eigenvalue weighted by atomic mass is 16.3. The Morgan fingerprint density at radius 2 is 1.75 bits per heavy atom. The van der Waals surface area contributed by atoms with E-state index in [1.165, 1.54) is 4.90 Å². The molecule has 24 heavy (non-hydrogen) atoms. The molecule has 1 atom stereocenters. The number of aryl methyl sites for hydroxylation is 1. The second kappa shape index (κ2) is 6.21. The minimum absolute atomic E-state index is 0.235. The first kappa shape index (κ1) is 16.4. The summed E-state index contributed by atoms with van der Waals surface area (Å²) in [5, 5.41) is 11.0. The van der Waals surface area contributed by atoms with Crippen molar-refractivity contribution >= 4 is 17.4 Å². The van der Waals surface area contributed by atoms with Crippen LogP contribution in [0.3, 0.4) is 0 Å². The molecular formula is C20H21NO3. The Hall–Kier alpha value is -2.46. The number of fused-ring (bicyclic) bond motifs is 1. The molecule has 3 rings (SSSR count). The van der Waals surface area contributed by atoms with Crippen LogP contribution in [0.1, 0.15) is 41.8 Å². The molecule has 0 spiro atoms. The molecular weight excluding hydrogens is 302 g/mol. The van der Waals surface area contributed by atoms with Crippen molar-refractivity contribution in [2.75, 3.05) is 11.4 Å². The molecule has 1 N–H and O–H groups in total. The third kappa shape index (κ3) is 2.53. The molecule has 1 aliphatic heterocycles. The zero-order valence-electron chi connectivity index (χ0n) is 14.0. The Morgan fingerprint density at radius 3 is 2.38 bits per heavy atom. The van der Waals surface area contributed by atoms with E-state index in [-0.39, 0.29) is 12.2 Å². The van der Waals surface area contributed by atoms with Crippen LogP contribution in [0.2, 0.25) is 0 Å². The fourth-order valence-corrected chi connectivity index (χ4v) is 3.25. The lowest BCUT2D eigenvalue weighted by Gasteiger charge is -2.22. The van der Waals surface area contributed by atoms with Crippen LogP contribution in [0.15, 0.2) is 48.5 Å². The van der Waals surface area contributed by atoms with Gasteiger partial charge in [0.25, 0.3) is 5.91 Å². The van der Waals surface area contributed by atoms with Gasteiger partial charge in [0.2, 0.25) is 0 Å². The van der Waals surface area contributed by atoms with Crippen molar-refractivity contribution < 1.29 is 14.7 Å². The van der Waals surface area contributed by atoms with E-state index in [1.54, 1.807) is 30.3 Å². The van der Waals surface area contributed by atoms with Gasteiger partial charge in [-0.15, -0.1) is 0 Å². The first-order chi connectivity index (χ1) is 11.5. The number of nitrogens with zero attached hydrogens (tertiary/aromatic N) is 1. The van der Waals surface area contributed by atoms with Gasteiger partial charge in [0.05, 0.1) is 12.1 Å². The standard InChI is InChI=1S/C20H21NO3/c1-3-14-9-11-15(12-10-14)18(22)13-20(24)16-7-5-6-8-17(16)21(4-2)19(20)23/h5-12,24H,3-4,13H2,1-2H3/t20-/m0/s1. The van der Waals surface area contributed by atoms with Crippen LogP contribution in [0.5, 0.6) is 0 Å². The lowest BCUT2D eigenvalue weighted by Crippen LogP contribution is -2.41. The molecule has 0 aliphatic carbocycles. The number of Topliss-reactive ketones (excluding diaryl/α,β-unsaturated/α-hetero) is 1. The summed E-state index contributed by atoms with van der Waals surface area (Å²) in [7, 11) is 0. The zero-order valence-corrected chi connectivity index (χ0v) is 14.0. The summed E-state index contributed by atoms with van der Waals surface area (Å²) in [5.74, 6) is -0.661. The second-order valence-electron chi connectivity index (χ2n) is 6.08. The molecule has 0 saturated heterocycles. The van der Waals surface area contributed by atoms with E-state index >= 15 is 0 Å². The minimum Gasteiger partial charge on any atom is -0.375 e. The maximum absolute atomic E-state index is 12.7. The third-order valence-electron chi connectivity index (χ3n) is 4.66. The van der Waals surface area contributed by atoms with Gasteiger partial charge >= 0.3 is 0 Å². The van der Waals surface area contributed by atoms with Crippen LogP contribution in [0, 0.1) is 0 Å². The molecule has 0 bridgehead atoms. The summed E-state index contributed by atoms with van der Waals surface area (Å²) < 4.78 is 0. The first-order valence-corrected chi connectivity index (χ1v) is 8.27. The van der Waals surface area contributed by atoms with Gasteiger partial charge < -0.3 is 10.0 Å². The Balaban J connectivity index is 1.93. The van der Waals surface area contributed by atoms with Gasteiger partial charge in [-0.05, 0) is 25.0 Å². The van der Waals surface area contributed by atoms with Gasteiger partial charge in [-0.3, -0.25) is 9.59 Å². The van der Waals surface area contributed by atoms with Crippen molar-refractivity contribution in [3.63, 3.8) is 0 Å². The van der Waals surface area contributed by atoms with Crippen LogP contribution in [-0.4, -0.2) is 23.3 Å². The van der Waals surface area contributed by atoms with Gasteiger partial charge in [0, 0.05) is 17.7 Å². The van der Waals surface area contributed by atoms with E-state index < -0.39 is 11.5 Å². The molecule has 1 amide bonds. The number of rotatable bonds is 5. The van der Waals surface area contributed by atoms with E-state index in [0.29, 0.717) is 23.4 Å². The van der Waals surface area contributed by atoms with Crippen LogP contribution in [0.25, 0.3) is 0 Å². The topological polar surface area (TPSA) is 57.6 Å². The average molecular weight is 323 g/mol. The van der Waals surface area contributed by atoms with Gasteiger partial charge in [-0.2, -0.15) is 0 Å². The monoisotopic (exact) mass is 323 g/mol. The number of amides is 1. The summed E-state index contributed by atoms with van der Waals surface area (Å²) in [6.45, 7) is 4.36. The van der Waals surface area contributed by atoms with Crippen molar-refractivity contribution in [1.82, 2.24) is 0 Å². The zero-order chi connectivity index (χ0) is 17.3. The van der Waals surface area contributed by atoms with E-state index in [1.807, 2.05) is 32.0 Å². The highest BCUT2D eigenvalue weighted by Gasteiger charge is 2.50. The van der Waals surface area contributed by atoms with Crippen molar-refractivity contribution in [2.24, 2.45) is 0 Å². The lowest BCUT2D eigenvalue weighted by atomic mass is 9.88. The number of carbonyl (C=O) groups is 2. The molecule has 0 unspecified atom stereocenters. The molecule has 0 aromatic heterocycles. The number of anilines is 1. The van der Waals surface area contributed by atoms with Crippen LogP contribution < -0.4 is 4.90 Å². The Bertz CT molecular complexity index is 782. The summed E-state index contributed by atoms with van der Waals surface area (Å²) in [4.78, 5) is 26.9. The Morgan fingerprint density at radius 1 is 1.08 bits per heavy atom. The van der Waals surface area contributed by atoms with E-state index in [9.17, 15) is 14.7 Å². The lowest BCUT2D eigenvalue weighted by molar-refractivity contribution is -0.135. The second-order valence-corrected chi connectivity index (χ2v) is 6.08. The van der Waals surface area contributed by atoms with Gasteiger partial charge in [0.1, 0.15) is 0 Å². The Kier molecular flexibility index (Phi) is 4.24. The number of likely N-dealkylation sites (N-methyl/N-ethyl adjacent to an activating group) is 1. The SMILES string of the molecule is CCc1ccc(C(=O)C[C@@]2(O)C(=O)N(CC)c3ccccc32)cc1. The normalized spacial score (nSPS) is 19.5. The quantitative estimate of drug-likeness (QED) is 0.860. The highest BCUT2D eigenvalue weighted by Crippen LogP contribution is 2.42. The molecule has 0 radical (unpaired) electrons. The average Bonchev–Trinajstić information content (AvgIpc) is 2.82. The maximum Gasteiger partial charge on any atom is 0.264 e. The van der Waals surface area contributed by atoms with E-state index in [2.05, 4.69) is 0 Å². The van der Waals surface area contributed by atoms with Crippen LogP contribution in [0.4, 0.5) is 5.69 Å². The van der Waals surface area contributed by atoms with E-state index in [4.69, 9.17) is 0 Å². The number of aliphatic hydroxyl groups is 1. The molecule has 124 valence electrons. The number of para-hydroxylation sites is 1. The van der Waals surface area contributed by atoms with Crippen molar-refractivity contribution in [3.8, 4) is 0 Å². The maximum atomic E-state index is 12.7. The molecule has 4 heteroatoms. The molecule has 4 nitrogen and oxygen atoms in total. The number of hydrogen-bond donors (Lipinski definition) is 1. The van der Waals surface area contributed by atoms with Gasteiger partial charge in [-0.25, -0.2) is 0 Å². The molecule has 1 aliphatic rings. The molecule has 1 heterocycles. The van der Waals surface area contributed by atoms with Gasteiger partial charge in [-0.1, -0.05) is 49.4 Å². The fourth-order valence-electron chi connectivity index (χ4n) is 3.25. The number of ketones is 1. The Labute approximate surface area is 141 Å². The molecule has 2 aromatic carbocycles. The van der Waals surface area contributed by atoms with Crippen LogP contribution >= 0.6 is 0 Å². The smallest absolute Gasteiger partial charge is 0.264 e. The number of hydrogen-bond acceptors (Lipinski definition) is 3. The predicted octanol–water partition coefficient (Wildman–Crippen LogP) is 3.08. The summed E-state index contributed by atoms with van der Waals surface area (Å²) in [6.07, 6.45) is 0.653.